The van der Waals surface area contributed by atoms with Gasteiger partial charge in [0.25, 0.3) is 10.0 Å². The lowest BCUT2D eigenvalue weighted by atomic mass is 10.2. The molecule has 3 aromatic rings. The molecule has 10 nitrogen and oxygen atoms in total. The molecule has 164 valence electrons. The van der Waals surface area contributed by atoms with Crippen LogP contribution in [0.2, 0.25) is 0 Å². The fraction of sp³-hybridized carbons (Fsp3) is 0.143. The molecule has 1 aliphatic heterocycles. The minimum absolute atomic E-state index is 0.00620. The highest BCUT2D eigenvalue weighted by Gasteiger charge is 2.25. The van der Waals surface area contributed by atoms with Crippen molar-refractivity contribution < 1.29 is 22.7 Å². The summed E-state index contributed by atoms with van der Waals surface area (Å²) in [6, 6.07) is 14.3. The molecule has 0 saturated carbocycles. The molecule has 0 unspecified atom stereocenters. The Bertz CT molecular complexity index is 1280. The van der Waals surface area contributed by atoms with Gasteiger partial charge in [-0.05, 0) is 49.4 Å². The van der Waals surface area contributed by atoms with Crippen LogP contribution in [0.25, 0.3) is 0 Å². The minimum atomic E-state index is -3.88. The standard InChI is InChI=1S/C21H19N5O5S/c1-14-10-11-22-21(23-14)25-32(29,30)16-8-6-15(7-9-16)24-19(27)12-26-13-20(28)31-18-5-3-2-4-17(18)26/h2-11H,12-13H2,1H3,(H,24,27)(H,22,23,25). The Balaban J connectivity index is 1.41. The van der Waals surface area contributed by atoms with Gasteiger partial charge in [0.15, 0.2) is 5.75 Å². The van der Waals surface area contributed by atoms with Gasteiger partial charge in [0, 0.05) is 17.6 Å². The number of sulfonamides is 1. The van der Waals surface area contributed by atoms with E-state index in [0.717, 1.165) is 0 Å². The molecule has 0 fully saturated rings. The van der Waals surface area contributed by atoms with Crippen molar-refractivity contribution in [2.24, 2.45) is 0 Å². The van der Waals surface area contributed by atoms with Gasteiger partial charge in [0.05, 0.1) is 17.1 Å². The number of hydrogen-bond donors (Lipinski definition) is 2. The van der Waals surface area contributed by atoms with Crippen molar-refractivity contribution in [2.75, 3.05) is 28.0 Å². The fourth-order valence-corrected chi connectivity index (χ4v) is 4.06. The number of fused-ring (bicyclic) bond motifs is 1. The first-order valence-electron chi connectivity index (χ1n) is 9.57. The van der Waals surface area contributed by atoms with E-state index in [0.29, 0.717) is 22.8 Å². The lowest BCUT2D eigenvalue weighted by molar-refractivity contribution is -0.133. The third-order valence-corrected chi connectivity index (χ3v) is 5.90. The Morgan fingerprint density at radius 1 is 1.12 bits per heavy atom. The Morgan fingerprint density at radius 2 is 1.88 bits per heavy atom. The van der Waals surface area contributed by atoms with Gasteiger partial charge in [-0.25, -0.2) is 27.9 Å². The van der Waals surface area contributed by atoms with Crippen molar-refractivity contribution in [3.63, 3.8) is 0 Å². The first kappa shape index (κ1) is 21.2. The summed E-state index contributed by atoms with van der Waals surface area (Å²) < 4.78 is 32.5. The third-order valence-electron chi connectivity index (χ3n) is 4.55. The zero-order chi connectivity index (χ0) is 22.7. The van der Waals surface area contributed by atoms with Gasteiger partial charge < -0.3 is 15.0 Å². The molecule has 4 rings (SSSR count). The molecule has 0 radical (unpaired) electrons. The van der Waals surface area contributed by atoms with Gasteiger partial charge in [-0.2, -0.15) is 0 Å². The number of aromatic nitrogens is 2. The number of carbonyl (C=O) groups excluding carboxylic acids is 2. The van der Waals surface area contributed by atoms with Gasteiger partial charge in [-0.3, -0.25) is 4.79 Å². The number of esters is 1. The van der Waals surface area contributed by atoms with Crippen molar-refractivity contribution in [1.82, 2.24) is 9.97 Å². The second-order valence-corrected chi connectivity index (χ2v) is 8.68. The Morgan fingerprint density at radius 3 is 2.62 bits per heavy atom. The van der Waals surface area contributed by atoms with E-state index in [2.05, 4.69) is 20.0 Å². The molecule has 1 aliphatic rings. The van der Waals surface area contributed by atoms with Crippen LogP contribution >= 0.6 is 0 Å². The van der Waals surface area contributed by atoms with Gasteiger partial charge in [-0.1, -0.05) is 12.1 Å². The fourth-order valence-electron chi connectivity index (χ4n) is 3.11. The summed E-state index contributed by atoms with van der Waals surface area (Å²) in [5, 5.41) is 2.70. The number of hydrogen-bond acceptors (Lipinski definition) is 8. The van der Waals surface area contributed by atoms with Crippen LogP contribution in [-0.2, 0) is 19.6 Å². The minimum Gasteiger partial charge on any atom is -0.423 e. The smallest absolute Gasteiger partial charge is 0.331 e. The average molecular weight is 453 g/mol. The van der Waals surface area contributed by atoms with Gasteiger partial charge in [0.2, 0.25) is 11.9 Å². The molecule has 0 bridgehead atoms. The van der Waals surface area contributed by atoms with Crippen LogP contribution in [0.15, 0.2) is 65.7 Å². The molecule has 2 heterocycles. The summed E-state index contributed by atoms with van der Waals surface area (Å²) in [6.07, 6.45) is 1.46. The van der Waals surface area contributed by atoms with Crippen LogP contribution in [-0.4, -0.2) is 43.4 Å². The number of nitrogens with one attached hydrogen (secondary N) is 2. The van der Waals surface area contributed by atoms with E-state index < -0.39 is 16.0 Å². The summed E-state index contributed by atoms with van der Waals surface area (Å²) in [5.74, 6) is -0.438. The molecule has 2 N–H and O–H groups in total. The maximum absolute atomic E-state index is 12.5. The number of anilines is 3. The van der Waals surface area contributed by atoms with E-state index in [4.69, 9.17) is 4.74 Å². The summed E-state index contributed by atoms with van der Waals surface area (Å²) in [7, 11) is -3.88. The van der Waals surface area contributed by atoms with Gasteiger partial charge >= 0.3 is 5.97 Å². The van der Waals surface area contributed by atoms with Crippen molar-refractivity contribution in [3.05, 3.63) is 66.5 Å². The third kappa shape index (κ3) is 4.83. The summed E-state index contributed by atoms with van der Waals surface area (Å²) in [4.78, 5) is 33.8. The number of amides is 1. The number of carbonyl (C=O) groups is 2. The maximum atomic E-state index is 12.5. The quantitative estimate of drug-likeness (QED) is 0.428. The molecule has 1 aromatic heterocycles. The van der Waals surface area contributed by atoms with E-state index in [1.54, 1.807) is 42.2 Å². The van der Waals surface area contributed by atoms with Crippen molar-refractivity contribution in [3.8, 4) is 5.75 Å². The molecule has 32 heavy (non-hydrogen) atoms. The second kappa shape index (κ2) is 8.63. The molecule has 0 atom stereocenters. The summed E-state index contributed by atoms with van der Waals surface area (Å²) >= 11 is 0. The highest BCUT2D eigenvalue weighted by molar-refractivity contribution is 7.92. The van der Waals surface area contributed by atoms with Crippen LogP contribution in [0.1, 0.15) is 5.69 Å². The van der Waals surface area contributed by atoms with E-state index >= 15 is 0 Å². The lowest BCUT2D eigenvalue weighted by Crippen LogP contribution is -2.41. The predicted molar refractivity (Wildman–Crippen MR) is 117 cm³/mol. The molecule has 0 spiro atoms. The van der Waals surface area contributed by atoms with Crippen LogP contribution in [0, 0.1) is 6.92 Å². The summed E-state index contributed by atoms with van der Waals surface area (Å²) in [6.45, 7) is 1.61. The molecule has 2 aromatic carbocycles. The molecule has 0 saturated heterocycles. The first-order chi connectivity index (χ1) is 15.3. The zero-order valence-corrected chi connectivity index (χ0v) is 17.8. The number of nitrogens with zero attached hydrogens (tertiary/aromatic N) is 3. The number of benzene rings is 2. The molecule has 1 amide bonds. The number of para-hydroxylation sites is 2. The molecular formula is C21H19N5O5S. The number of aryl methyl sites for hydroxylation is 1. The average Bonchev–Trinajstić information content (AvgIpc) is 2.73. The van der Waals surface area contributed by atoms with Gasteiger partial charge in [0.1, 0.15) is 6.54 Å². The topological polar surface area (TPSA) is 131 Å². The number of rotatable bonds is 6. The van der Waals surface area contributed by atoms with Crippen LogP contribution in [0.4, 0.5) is 17.3 Å². The predicted octanol–water partition coefficient (Wildman–Crippen LogP) is 1.95. The molecular weight excluding hydrogens is 434 g/mol. The normalized spacial score (nSPS) is 13.2. The Hall–Kier alpha value is -3.99. The highest BCUT2D eigenvalue weighted by Crippen LogP contribution is 2.31. The van der Waals surface area contributed by atoms with E-state index in [1.165, 1.54) is 30.5 Å². The molecule has 11 heteroatoms. The van der Waals surface area contributed by atoms with Crippen molar-refractivity contribution in [2.45, 2.75) is 11.8 Å². The Kier molecular flexibility index (Phi) is 5.73. The van der Waals surface area contributed by atoms with Crippen LogP contribution in [0.3, 0.4) is 0 Å². The largest absolute Gasteiger partial charge is 0.423 e. The first-order valence-corrected chi connectivity index (χ1v) is 11.1. The second-order valence-electron chi connectivity index (χ2n) is 7.00. The van der Waals surface area contributed by atoms with E-state index in [1.807, 2.05) is 0 Å². The monoisotopic (exact) mass is 453 g/mol. The van der Waals surface area contributed by atoms with Crippen molar-refractivity contribution in [1.29, 1.82) is 0 Å². The summed E-state index contributed by atoms with van der Waals surface area (Å²) in [5.41, 5.74) is 1.68. The zero-order valence-electron chi connectivity index (χ0n) is 17.0. The van der Waals surface area contributed by atoms with E-state index in [-0.39, 0.29) is 29.8 Å². The van der Waals surface area contributed by atoms with Gasteiger partial charge in [-0.15, -0.1) is 0 Å². The molecule has 0 aliphatic carbocycles. The van der Waals surface area contributed by atoms with Crippen LogP contribution in [0.5, 0.6) is 5.75 Å². The van der Waals surface area contributed by atoms with Crippen molar-refractivity contribution >= 4 is 39.2 Å². The maximum Gasteiger partial charge on any atom is 0.331 e. The Labute approximate surface area is 184 Å². The number of ether oxygens (including phenoxy) is 1. The van der Waals surface area contributed by atoms with E-state index in [9.17, 15) is 18.0 Å². The lowest BCUT2D eigenvalue weighted by Gasteiger charge is -2.29. The highest BCUT2D eigenvalue weighted by atomic mass is 32.2. The van der Waals surface area contributed by atoms with Crippen LogP contribution < -0.4 is 19.7 Å². The SMILES string of the molecule is Cc1ccnc(NS(=O)(=O)c2ccc(NC(=O)CN3CC(=O)Oc4ccccc43)cc2)n1.